The molecule has 0 unspecified atom stereocenters. The number of hydrogen-bond donors (Lipinski definition) is 0. The molecule has 1 saturated heterocycles. The van der Waals surface area contributed by atoms with Gasteiger partial charge in [-0.1, -0.05) is 60.7 Å². The van der Waals surface area contributed by atoms with Crippen molar-refractivity contribution in [2.24, 2.45) is 0 Å². The first kappa shape index (κ1) is 20.7. The third-order valence-corrected chi connectivity index (χ3v) is 5.83. The number of hydrogen-bond acceptors (Lipinski definition) is 5. The summed E-state index contributed by atoms with van der Waals surface area (Å²) in [5.41, 5.74) is 1.49. The number of rotatable bonds is 6. The van der Waals surface area contributed by atoms with E-state index >= 15 is 0 Å². The number of anilines is 1. The molecule has 4 nitrogen and oxygen atoms in total. The number of carbonyl (C=O) groups excluding carboxylic acids is 1. The Hall–Kier alpha value is -2.02. The van der Waals surface area contributed by atoms with Gasteiger partial charge in [0, 0.05) is 0 Å². The molecular formula is C21H20ClNO3S2. The van der Waals surface area contributed by atoms with Crippen LogP contribution in [0.2, 0.25) is 5.02 Å². The van der Waals surface area contributed by atoms with E-state index in [1.807, 2.05) is 44.2 Å². The Morgan fingerprint density at radius 3 is 2.64 bits per heavy atom. The summed E-state index contributed by atoms with van der Waals surface area (Å²) in [5.74, 6) is 0.876. The number of nitrogens with zero attached hydrogens (tertiary/aromatic N) is 1. The maximum atomic E-state index is 12.9. The minimum absolute atomic E-state index is 0.0133. The van der Waals surface area contributed by atoms with Gasteiger partial charge in [-0.25, -0.2) is 0 Å². The molecule has 1 atom stereocenters. The Morgan fingerprint density at radius 2 is 2.00 bits per heavy atom. The Morgan fingerprint density at radius 1 is 1.29 bits per heavy atom. The molecule has 1 aliphatic rings. The van der Waals surface area contributed by atoms with Crippen LogP contribution >= 0.6 is 35.6 Å². The molecule has 7 heteroatoms. The summed E-state index contributed by atoms with van der Waals surface area (Å²) < 4.78 is 11.8. The van der Waals surface area contributed by atoms with Crippen LogP contribution in [-0.4, -0.2) is 23.4 Å². The lowest BCUT2D eigenvalue weighted by Gasteiger charge is -2.17. The molecule has 0 N–H and O–H groups in total. The minimum Gasteiger partial charge on any atom is -0.493 e. The van der Waals surface area contributed by atoms with E-state index in [0.29, 0.717) is 25.7 Å². The number of benzene rings is 2. The molecule has 0 radical (unpaired) electrons. The second-order valence-electron chi connectivity index (χ2n) is 6.22. The van der Waals surface area contributed by atoms with Crippen molar-refractivity contribution in [2.75, 3.05) is 12.0 Å². The number of para-hydroxylation sites is 1. The fourth-order valence-corrected chi connectivity index (χ4v) is 4.20. The van der Waals surface area contributed by atoms with Crippen molar-refractivity contribution in [1.29, 1.82) is 0 Å². The Labute approximate surface area is 179 Å². The zero-order chi connectivity index (χ0) is 20.3. The van der Waals surface area contributed by atoms with Gasteiger partial charge in [-0.05, 0) is 49.2 Å². The van der Waals surface area contributed by atoms with Crippen molar-refractivity contribution >= 4 is 57.6 Å². The molecule has 1 heterocycles. The van der Waals surface area contributed by atoms with E-state index in [2.05, 4.69) is 0 Å². The number of halogens is 1. The predicted octanol–water partition coefficient (Wildman–Crippen LogP) is 5.93. The van der Waals surface area contributed by atoms with Gasteiger partial charge in [0.1, 0.15) is 0 Å². The molecular weight excluding hydrogens is 414 g/mol. The standard InChI is InChI=1S/C21H20ClNO3S2/c1-4-13(2)26-19-16(22)10-14(11-17(19)25-3)12-18-20(24)23(21(27)28-18)15-8-6-5-7-9-15/h5-13H,4H2,1-3H3/b18-12+/t13-/m0/s1. The van der Waals surface area contributed by atoms with Gasteiger partial charge in [-0.3, -0.25) is 9.69 Å². The van der Waals surface area contributed by atoms with Crippen molar-refractivity contribution in [2.45, 2.75) is 26.4 Å². The average molecular weight is 434 g/mol. The normalized spacial score (nSPS) is 16.6. The second-order valence-corrected chi connectivity index (χ2v) is 8.31. The highest BCUT2D eigenvalue weighted by molar-refractivity contribution is 8.27. The SMILES string of the molecule is CC[C@H](C)Oc1c(Cl)cc(/C=C2/SC(=S)N(c3ccccc3)C2=O)cc1OC. The number of thioether (sulfide) groups is 1. The molecule has 2 aromatic rings. The van der Waals surface area contributed by atoms with Crippen molar-refractivity contribution < 1.29 is 14.3 Å². The summed E-state index contributed by atoms with van der Waals surface area (Å²) >= 11 is 13.1. The summed E-state index contributed by atoms with van der Waals surface area (Å²) in [6, 6.07) is 12.9. The fraction of sp³-hybridized carbons (Fsp3) is 0.238. The maximum absolute atomic E-state index is 12.9. The van der Waals surface area contributed by atoms with Gasteiger partial charge in [-0.2, -0.15) is 0 Å². The van der Waals surface area contributed by atoms with Gasteiger partial charge in [0.2, 0.25) is 0 Å². The van der Waals surface area contributed by atoms with Crippen molar-refractivity contribution in [1.82, 2.24) is 0 Å². The van der Waals surface area contributed by atoms with Crippen LogP contribution in [0.3, 0.4) is 0 Å². The maximum Gasteiger partial charge on any atom is 0.270 e. The molecule has 0 aromatic heterocycles. The van der Waals surface area contributed by atoms with Crippen LogP contribution in [0.15, 0.2) is 47.4 Å². The quantitative estimate of drug-likeness (QED) is 0.417. The van der Waals surface area contributed by atoms with Gasteiger partial charge < -0.3 is 9.47 Å². The van der Waals surface area contributed by atoms with Crippen molar-refractivity contribution in [3.05, 3.63) is 58.0 Å². The van der Waals surface area contributed by atoms with Crippen molar-refractivity contribution in [3.63, 3.8) is 0 Å². The van der Waals surface area contributed by atoms with Crippen LogP contribution in [0, 0.1) is 0 Å². The van der Waals surface area contributed by atoms with Crippen molar-refractivity contribution in [3.8, 4) is 11.5 Å². The largest absolute Gasteiger partial charge is 0.493 e. The molecule has 0 aliphatic carbocycles. The summed E-state index contributed by atoms with van der Waals surface area (Å²) in [6.07, 6.45) is 2.63. The molecule has 0 spiro atoms. The van der Waals surface area contributed by atoms with E-state index in [4.69, 9.17) is 33.3 Å². The van der Waals surface area contributed by atoms with Gasteiger partial charge in [0.15, 0.2) is 15.8 Å². The third kappa shape index (κ3) is 4.35. The zero-order valence-electron chi connectivity index (χ0n) is 15.8. The molecule has 2 aromatic carbocycles. The number of carbonyl (C=O) groups is 1. The van der Waals surface area contributed by atoms with E-state index in [0.717, 1.165) is 17.7 Å². The Balaban J connectivity index is 1.92. The highest BCUT2D eigenvalue weighted by Gasteiger charge is 2.33. The van der Waals surface area contributed by atoms with Gasteiger partial charge >= 0.3 is 0 Å². The lowest BCUT2D eigenvalue weighted by Crippen LogP contribution is -2.27. The number of amides is 1. The zero-order valence-corrected chi connectivity index (χ0v) is 18.2. The van der Waals surface area contributed by atoms with Gasteiger partial charge in [0.25, 0.3) is 5.91 Å². The number of methoxy groups -OCH3 is 1. The average Bonchev–Trinajstić information content (AvgIpc) is 2.97. The van der Waals surface area contributed by atoms with Crippen LogP contribution in [-0.2, 0) is 4.79 Å². The van der Waals surface area contributed by atoms with Crippen LogP contribution in [0.4, 0.5) is 5.69 Å². The van der Waals surface area contributed by atoms with E-state index in [1.54, 1.807) is 25.3 Å². The molecule has 0 saturated carbocycles. The summed E-state index contributed by atoms with van der Waals surface area (Å²) in [7, 11) is 1.56. The molecule has 0 bridgehead atoms. The molecule has 1 aliphatic heterocycles. The Kier molecular flexibility index (Phi) is 6.65. The highest BCUT2D eigenvalue weighted by atomic mass is 35.5. The predicted molar refractivity (Wildman–Crippen MR) is 120 cm³/mol. The monoisotopic (exact) mass is 433 g/mol. The van der Waals surface area contributed by atoms with Crippen LogP contribution < -0.4 is 14.4 Å². The summed E-state index contributed by atoms with van der Waals surface area (Å²) in [4.78, 5) is 14.9. The van der Waals surface area contributed by atoms with Gasteiger partial charge in [0.05, 0.1) is 28.8 Å². The summed E-state index contributed by atoms with van der Waals surface area (Å²) in [5, 5.41) is 0.435. The smallest absolute Gasteiger partial charge is 0.270 e. The minimum atomic E-state index is -0.156. The Bertz CT molecular complexity index is 931. The van der Waals surface area contributed by atoms with Crippen LogP contribution in [0.1, 0.15) is 25.8 Å². The van der Waals surface area contributed by atoms with E-state index < -0.39 is 0 Å². The first-order valence-corrected chi connectivity index (χ1v) is 10.4. The lowest BCUT2D eigenvalue weighted by atomic mass is 10.1. The first-order chi connectivity index (χ1) is 13.4. The van der Waals surface area contributed by atoms with Crippen LogP contribution in [0.25, 0.3) is 6.08 Å². The number of ether oxygens (including phenoxy) is 2. The second kappa shape index (κ2) is 8.99. The molecule has 3 rings (SSSR count). The molecule has 28 heavy (non-hydrogen) atoms. The topological polar surface area (TPSA) is 38.8 Å². The highest BCUT2D eigenvalue weighted by Crippen LogP contribution is 2.40. The van der Waals surface area contributed by atoms with E-state index in [1.165, 1.54) is 16.7 Å². The lowest BCUT2D eigenvalue weighted by molar-refractivity contribution is -0.113. The van der Waals surface area contributed by atoms with E-state index in [-0.39, 0.29) is 12.0 Å². The third-order valence-electron chi connectivity index (χ3n) is 4.25. The fourth-order valence-electron chi connectivity index (χ4n) is 2.64. The molecule has 1 amide bonds. The van der Waals surface area contributed by atoms with E-state index in [9.17, 15) is 4.79 Å². The van der Waals surface area contributed by atoms with Gasteiger partial charge in [-0.15, -0.1) is 0 Å². The molecule has 146 valence electrons. The first-order valence-electron chi connectivity index (χ1n) is 8.81. The molecule has 1 fully saturated rings. The van der Waals surface area contributed by atoms with Crippen LogP contribution in [0.5, 0.6) is 11.5 Å². The number of thiocarbonyl (C=S) groups is 1. The summed E-state index contributed by atoms with van der Waals surface area (Å²) in [6.45, 7) is 4.01.